The summed E-state index contributed by atoms with van der Waals surface area (Å²) in [5.74, 6) is 1.88. The van der Waals surface area contributed by atoms with Crippen LogP contribution in [0.1, 0.15) is 37.8 Å². The number of hydrogen-bond donors (Lipinski definition) is 0. The first-order valence-corrected chi connectivity index (χ1v) is 6.95. The largest absolute Gasteiger partial charge is 0.493 e. The molecule has 1 atom stereocenters. The van der Waals surface area contributed by atoms with E-state index in [0.717, 1.165) is 22.8 Å². The number of ether oxygens (including phenoxy) is 2. The molecule has 1 unspecified atom stereocenters. The van der Waals surface area contributed by atoms with Gasteiger partial charge in [-0.15, -0.1) is 0 Å². The summed E-state index contributed by atoms with van der Waals surface area (Å²) in [5.41, 5.74) is 4.73. The van der Waals surface area contributed by atoms with Gasteiger partial charge in [-0.3, -0.25) is 4.68 Å². The summed E-state index contributed by atoms with van der Waals surface area (Å²) < 4.78 is 12.6. The van der Waals surface area contributed by atoms with Gasteiger partial charge in [0, 0.05) is 30.3 Å². The Bertz CT molecular complexity index is 617. The summed E-state index contributed by atoms with van der Waals surface area (Å²) in [7, 11) is 5.27. The van der Waals surface area contributed by atoms with Gasteiger partial charge in [0.05, 0.1) is 19.9 Å². The van der Waals surface area contributed by atoms with Gasteiger partial charge in [0.1, 0.15) is 0 Å². The monoisotopic (exact) mass is 274 g/mol. The van der Waals surface area contributed by atoms with Crippen LogP contribution in [0.2, 0.25) is 0 Å². The first kappa shape index (κ1) is 14.4. The molecule has 1 heterocycles. The molecule has 0 spiro atoms. The van der Waals surface area contributed by atoms with Crippen LogP contribution in [0.15, 0.2) is 18.3 Å². The minimum absolute atomic E-state index is 0.350. The summed E-state index contributed by atoms with van der Waals surface area (Å²) in [5, 5.41) is 4.53. The number of methoxy groups -OCH3 is 2. The van der Waals surface area contributed by atoms with Crippen molar-refractivity contribution in [3.05, 3.63) is 29.5 Å². The summed E-state index contributed by atoms with van der Waals surface area (Å²) in [4.78, 5) is 0. The van der Waals surface area contributed by atoms with E-state index < -0.39 is 0 Å². The highest BCUT2D eigenvalue weighted by molar-refractivity contribution is 5.78. The molecule has 20 heavy (non-hydrogen) atoms. The normalized spacial score (nSPS) is 15.0. The SMILES string of the molecule is CC.COc1cc2c(cc1OC)C(C)c1cn(C)nc1-2. The average Bonchev–Trinajstić information content (AvgIpc) is 2.98. The van der Waals surface area contributed by atoms with Crippen molar-refractivity contribution in [2.45, 2.75) is 26.7 Å². The van der Waals surface area contributed by atoms with Crippen LogP contribution in [-0.2, 0) is 7.05 Å². The standard InChI is InChI=1S/C14H16N2O2.C2H6/c1-8-9-5-12(17-3)13(18-4)6-10(9)14-11(8)7-16(2)15-14;1-2/h5-8H,1-4H3;1-2H3. The van der Waals surface area contributed by atoms with Crippen molar-refractivity contribution in [1.82, 2.24) is 9.78 Å². The molecule has 108 valence electrons. The molecule has 0 radical (unpaired) electrons. The van der Waals surface area contributed by atoms with Gasteiger partial charge in [-0.1, -0.05) is 20.8 Å². The Kier molecular flexibility index (Phi) is 4.02. The molecule has 1 aliphatic carbocycles. The molecule has 0 saturated carbocycles. The Morgan fingerprint density at radius 3 is 2.25 bits per heavy atom. The minimum Gasteiger partial charge on any atom is -0.493 e. The van der Waals surface area contributed by atoms with Crippen molar-refractivity contribution >= 4 is 0 Å². The van der Waals surface area contributed by atoms with E-state index >= 15 is 0 Å². The third-order valence-electron chi connectivity index (χ3n) is 3.60. The van der Waals surface area contributed by atoms with E-state index in [4.69, 9.17) is 9.47 Å². The number of rotatable bonds is 2. The predicted molar refractivity (Wildman–Crippen MR) is 80.6 cm³/mol. The Morgan fingerprint density at radius 2 is 1.65 bits per heavy atom. The topological polar surface area (TPSA) is 36.3 Å². The summed E-state index contributed by atoms with van der Waals surface area (Å²) in [6.07, 6.45) is 2.08. The summed E-state index contributed by atoms with van der Waals surface area (Å²) >= 11 is 0. The van der Waals surface area contributed by atoms with Crippen molar-refractivity contribution in [3.8, 4) is 22.8 Å². The highest BCUT2D eigenvalue weighted by atomic mass is 16.5. The van der Waals surface area contributed by atoms with Crippen molar-refractivity contribution in [2.75, 3.05) is 14.2 Å². The lowest BCUT2D eigenvalue weighted by Crippen LogP contribution is -1.96. The zero-order chi connectivity index (χ0) is 14.9. The van der Waals surface area contributed by atoms with Crippen LogP contribution in [0.5, 0.6) is 11.5 Å². The zero-order valence-corrected chi connectivity index (χ0v) is 13.0. The average molecular weight is 274 g/mol. The Morgan fingerprint density at radius 1 is 1.05 bits per heavy atom. The molecule has 1 aromatic heterocycles. The molecule has 4 nitrogen and oxygen atoms in total. The predicted octanol–water partition coefficient (Wildman–Crippen LogP) is 3.60. The molecular weight excluding hydrogens is 252 g/mol. The van der Waals surface area contributed by atoms with Gasteiger partial charge in [-0.2, -0.15) is 5.10 Å². The fourth-order valence-corrected chi connectivity index (χ4v) is 2.66. The van der Waals surface area contributed by atoms with Crippen LogP contribution in [0.25, 0.3) is 11.3 Å². The molecule has 1 aliphatic rings. The second-order valence-electron chi connectivity index (χ2n) is 4.62. The quantitative estimate of drug-likeness (QED) is 0.839. The number of aromatic nitrogens is 2. The molecule has 2 aromatic rings. The first-order chi connectivity index (χ1) is 9.65. The van der Waals surface area contributed by atoms with E-state index in [9.17, 15) is 0 Å². The zero-order valence-electron chi connectivity index (χ0n) is 13.0. The van der Waals surface area contributed by atoms with Gasteiger partial charge in [0.15, 0.2) is 11.5 Å². The van der Waals surface area contributed by atoms with Crippen molar-refractivity contribution in [2.24, 2.45) is 7.05 Å². The van der Waals surface area contributed by atoms with E-state index in [1.54, 1.807) is 14.2 Å². The third kappa shape index (κ3) is 2.05. The number of benzene rings is 1. The van der Waals surface area contributed by atoms with Gasteiger partial charge in [-0.25, -0.2) is 0 Å². The molecular formula is C16H22N2O2. The fourth-order valence-electron chi connectivity index (χ4n) is 2.66. The van der Waals surface area contributed by atoms with Crippen LogP contribution >= 0.6 is 0 Å². The van der Waals surface area contributed by atoms with Gasteiger partial charge < -0.3 is 9.47 Å². The van der Waals surface area contributed by atoms with Crippen LogP contribution in [0.3, 0.4) is 0 Å². The molecule has 0 bridgehead atoms. The summed E-state index contributed by atoms with van der Waals surface area (Å²) in [6, 6.07) is 4.07. The first-order valence-electron chi connectivity index (χ1n) is 6.95. The molecule has 4 heteroatoms. The lowest BCUT2D eigenvalue weighted by Gasteiger charge is -2.12. The van der Waals surface area contributed by atoms with Crippen LogP contribution in [0, 0.1) is 0 Å². The smallest absolute Gasteiger partial charge is 0.161 e. The van der Waals surface area contributed by atoms with Crippen molar-refractivity contribution < 1.29 is 9.47 Å². The second-order valence-corrected chi connectivity index (χ2v) is 4.62. The maximum Gasteiger partial charge on any atom is 0.161 e. The molecule has 3 rings (SSSR count). The molecule has 0 saturated heterocycles. The number of hydrogen-bond acceptors (Lipinski definition) is 3. The van der Waals surface area contributed by atoms with E-state index in [0.29, 0.717) is 5.92 Å². The van der Waals surface area contributed by atoms with Gasteiger partial charge in [0.2, 0.25) is 0 Å². The van der Waals surface area contributed by atoms with E-state index in [1.807, 2.05) is 31.6 Å². The number of fused-ring (bicyclic) bond motifs is 3. The highest BCUT2D eigenvalue weighted by Crippen LogP contribution is 2.47. The summed E-state index contributed by atoms with van der Waals surface area (Å²) in [6.45, 7) is 6.19. The van der Waals surface area contributed by atoms with E-state index in [2.05, 4.69) is 24.3 Å². The van der Waals surface area contributed by atoms with Gasteiger partial charge in [0.25, 0.3) is 0 Å². The molecule has 0 aliphatic heterocycles. The number of nitrogens with zero attached hydrogens (tertiary/aromatic N) is 2. The Balaban J connectivity index is 0.000000704. The lowest BCUT2D eigenvalue weighted by atomic mass is 10.00. The maximum atomic E-state index is 5.36. The molecule has 0 fully saturated rings. The Hall–Kier alpha value is -1.97. The lowest BCUT2D eigenvalue weighted by molar-refractivity contribution is 0.354. The third-order valence-corrected chi connectivity index (χ3v) is 3.60. The minimum atomic E-state index is 0.350. The van der Waals surface area contributed by atoms with Crippen LogP contribution in [-0.4, -0.2) is 24.0 Å². The van der Waals surface area contributed by atoms with Crippen LogP contribution < -0.4 is 9.47 Å². The highest BCUT2D eigenvalue weighted by Gasteiger charge is 2.30. The maximum absolute atomic E-state index is 5.36. The fraction of sp³-hybridized carbons (Fsp3) is 0.438. The van der Waals surface area contributed by atoms with Gasteiger partial charge >= 0.3 is 0 Å². The van der Waals surface area contributed by atoms with Gasteiger partial charge in [-0.05, 0) is 17.7 Å². The molecule has 1 aromatic carbocycles. The molecule has 0 amide bonds. The van der Waals surface area contributed by atoms with Crippen molar-refractivity contribution in [3.63, 3.8) is 0 Å². The van der Waals surface area contributed by atoms with E-state index in [-0.39, 0.29) is 0 Å². The van der Waals surface area contributed by atoms with E-state index in [1.165, 1.54) is 11.1 Å². The Labute approximate surface area is 120 Å². The second kappa shape index (κ2) is 5.57. The number of aryl methyl sites for hydroxylation is 1. The van der Waals surface area contributed by atoms with Crippen LogP contribution in [0.4, 0.5) is 0 Å². The molecule has 0 N–H and O–H groups in total. The van der Waals surface area contributed by atoms with Crippen molar-refractivity contribution in [1.29, 1.82) is 0 Å².